The molecule has 7 nitrogen and oxygen atoms in total. The van der Waals surface area contributed by atoms with Gasteiger partial charge in [-0.2, -0.15) is 0 Å². The fourth-order valence-electron chi connectivity index (χ4n) is 4.04. The van der Waals surface area contributed by atoms with Gasteiger partial charge in [-0.3, -0.25) is 14.9 Å². The number of Topliss-reactive ketones (excluding diaryl/α,β-unsaturated/α-hetero) is 1. The van der Waals surface area contributed by atoms with Gasteiger partial charge < -0.3 is 4.74 Å². The lowest BCUT2D eigenvalue weighted by Crippen LogP contribution is -2.33. The van der Waals surface area contributed by atoms with E-state index in [0.29, 0.717) is 12.1 Å². The number of hydrogen-bond acceptors (Lipinski definition) is 4. The first kappa shape index (κ1) is 19.0. The van der Waals surface area contributed by atoms with Crippen LogP contribution >= 0.6 is 0 Å². The number of carbonyl (C=O) groups is 1. The first-order valence-corrected chi connectivity index (χ1v) is 10.1. The number of ether oxygens (including phenoxy) is 1. The summed E-state index contributed by atoms with van der Waals surface area (Å²) in [5, 5.41) is 10.8. The average Bonchev–Trinajstić information content (AvgIpc) is 3.38. The molecular weight excluding hydrogens is 394 g/mol. The maximum atomic E-state index is 12.8. The molecule has 31 heavy (non-hydrogen) atoms. The van der Waals surface area contributed by atoms with Gasteiger partial charge in [-0.25, -0.2) is 9.13 Å². The van der Waals surface area contributed by atoms with E-state index in [0.717, 1.165) is 29.8 Å². The number of hydrogen-bond donors (Lipinski definition) is 0. The van der Waals surface area contributed by atoms with E-state index in [2.05, 4.69) is 16.7 Å². The van der Waals surface area contributed by atoms with Crippen LogP contribution in [0.2, 0.25) is 0 Å². The molecule has 0 amide bonds. The third kappa shape index (κ3) is 3.66. The Kier molecular flexibility index (Phi) is 4.71. The molecule has 0 atom stereocenters. The molecule has 3 aromatic carbocycles. The smallest absolute Gasteiger partial charge is 0.269 e. The molecular formula is C24H20N3O4+. The van der Waals surface area contributed by atoms with Crippen LogP contribution in [-0.4, -0.2) is 21.9 Å². The molecule has 7 heteroatoms. The van der Waals surface area contributed by atoms with Gasteiger partial charge in [0, 0.05) is 24.1 Å². The van der Waals surface area contributed by atoms with Gasteiger partial charge in [-0.1, -0.05) is 18.2 Å². The molecule has 0 saturated carbocycles. The van der Waals surface area contributed by atoms with E-state index in [1.165, 1.54) is 35.4 Å². The molecule has 2 heterocycles. The maximum Gasteiger partial charge on any atom is 0.269 e. The van der Waals surface area contributed by atoms with Gasteiger partial charge in [0.2, 0.25) is 12.1 Å². The zero-order valence-electron chi connectivity index (χ0n) is 16.7. The fourth-order valence-corrected chi connectivity index (χ4v) is 4.04. The van der Waals surface area contributed by atoms with Crippen LogP contribution in [0.5, 0.6) is 5.75 Å². The van der Waals surface area contributed by atoms with Gasteiger partial charge in [0.25, 0.3) is 5.69 Å². The van der Waals surface area contributed by atoms with Gasteiger partial charge in [0.1, 0.15) is 12.3 Å². The van der Waals surface area contributed by atoms with Crippen LogP contribution < -0.4 is 9.30 Å². The van der Waals surface area contributed by atoms with Crippen molar-refractivity contribution in [2.45, 2.75) is 19.5 Å². The number of ketones is 1. The summed E-state index contributed by atoms with van der Waals surface area (Å²) in [5.41, 5.74) is 4.83. The van der Waals surface area contributed by atoms with Gasteiger partial charge in [0.15, 0.2) is 17.6 Å². The molecule has 1 aliphatic heterocycles. The van der Waals surface area contributed by atoms with E-state index in [1.807, 2.05) is 41.2 Å². The Morgan fingerprint density at radius 2 is 1.90 bits per heavy atom. The highest BCUT2D eigenvalue weighted by molar-refractivity contribution is 5.96. The number of nitro groups is 1. The number of fused-ring (bicyclic) bond motifs is 2. The van der Waals surface area contributed by atoms with E-state index < -0.39 is 4.92 Å². The van der Waals surface area contributed by atoms with Crippen LogP contribution in [0.25, 0.3) is 11.0 Å². The third-order valence-corrected chi connectivity index (χ3v) is 5.60. The van der Waals surface area contributed by atoms with Crippen molar-refractivity contribution in [1.29, 1.82) is 0 Å². The number of para-hydroxylation sites is 2. The van der Waals surface area contributed by atoms with Crippen molar-refractivity contribution < 1.29 is 19.0 Å². The number of rotatable bonds is 6. The molecule has 0 saturated heterocycles. The van der Waals surface area contributed by atoms with Gasteiger partial charge in [-0.15, -0.1) is 0 Å². The lowest BCUT2D eigenvalue weighted by molar-refractivity contribution is -0.663. The Bertz CT molecular complexity index is 1310. The van der Waals surface area contributed by atoms with Crippen LogP contribution in [0.15, 0.2) is 73.1 Å². The van der Waals surface area contributed by atoms with E-state index in [1.54, 1.807) is 0 Å². The van der Waals surface area contributed by atoms with Gasteiger partial charge >= 0.3 is 0 Å². The summed E-state index contributed by atoms with van der Waals surface area (Å²) in [6.07, 6.45) is 2.89. The molecule has 1 aromatic heterocycles. The first-order chi connectivity index (χ1) is 15.1. The molecule has 0 bridgehead atoms. The molecule has 0 radical (unpaired) electrons. The second kappa shape index (κ2) is 7.68. The molecule has 154 valence electrons. The van der Waals surface area contributed by atoms with Crippen molar-refractivity contribution in [3.8, 4) is 5.75 Å². The Balaban J connectivity index is 1.43. The van der Waals surface area contributed by atoms with Crippen molar-refractivity contribution in [3.05, 3.63) is 99.9 Å². The summed E-state index contributed by atoms with van der Waals surface area (Å²) in [6.45, 7) is 1.58. The number of nitrogens with zero attached hydrogens (tertiary/aromatic N) is 3. The zero-order valence-corrected chi connectivity index (χ0v) is 16.7. The minimum atomic E-state index is -0.471. The summed E-state index contributed by atoms with van der Waals surface area (Å²) >= 11 is 0. The van der Waals surface area contributed by atoms with Crippen molar-refractivity contribution >= 4 is 22.5 Å². The van der Waals surface area contributed by atoms with Crippen LogP contribution in [-0.2, 0) is 19.5 Å². The van der Waals surface area contributed by atoms with Crippen LogP contribution in [0.1, 0.15) is 21.5 Å². The van der Waals surface area contributed by atoms with Crippen molar-refractivity contribution in [1.82, 2.24) is 4.57 Å². The molecule has 5 rings (SSSR count). The highest BCUT2D eigenvalue weighted by atomic mass is 16.6. The highest BCUT2D eigenvalue weighted by Crippen LogP contribution is 2.26. The lowest BCUT2D eigenvalue weighted by atomic mass is 10.1. The largest absolute Gasteiger partial charge is 0.493 e. The predicted molar refractivity (Wildman–Crippen MR) is 114 cm³/mol. The second-order valence-corrected chi connectivity index (χ2v) is 7.63. The van der Waals surface area contributed by atoms with E-state index in [-0.39, 0.29) is 18.0 Å². The Morgan fingerprint density at radius 3 is 2.71 bits per heavy atom. The van der Waals surface area contributed by atoms with Crippen LogP contribution in [0.3, 0.4) is 0 Å². The predicted octanol–water partition coefficient (Wildman–Crippen LogP) is 3.70. The number of aromatic nitrogens is 2. The minimum Gasteiger partial charge on any atom is -0.493 e. The minimum absolute atomic E-state index is 0.0273. The molecule has 0 aliphatic carbocycles. The molecule has 1 aliphatic rings. The van der Waals surface area contributed by atoms with Crippen molar-refractivity contribution in [3.63, 3.8) is 0 Å². The molecule has 0 spiro atoms. The topological polar surface area (TPSA) is 78.2 Å². The van der Waals surface area contributed by atoms with Crippen LogP contribution in [0, 0.1) is 10.1 Å². The number of benzene rings is 3. The highest BCUT2D eigenvalue weighted by Gasteiger charge is 2.20. The SMILES string of the molecule is O=C(Cn1c[n+](Cc2ccc3c(c2)CCO3)c2ccccc21)c1ccc([N+](=O)[O-])cc1. The molecule has 4 aromatic rings. The average molecular weight is 414 g/mol. The van der Waals surface area contributed by atoms with Gasteiger partial charge in [-0.05, 0) is 47.5 Å². The first-order valence-electron chi connectivity index (χ1n) is 10.1. The van der Waals surface area contributed by atoms with Crippen molar-refractivity contribution in [2.75, 3.05) is 6.61 Å². The molecule has 0 N–H and O–H groups in total. The number of carbonyl (C=O) groups excluding carboxylic acids is 1. The number of imidazole rings is 1. The Morgan fingerprint density at radius 1 is 1.10 bits per heavy atom. The zero-order chi connectivity index (χ0) is 21.4. The standard InChI is InChI=1S/C24H20N3O4/c28-23(18-6-8-20(9-7-18)27(29)30)15-26-16-25(21-3-1-2-4-22(21)26)14-17-5-10-24-19(13-17)11-12-31-24/h1-10,13,16H,11-12,14-15H2/q+1. The van der Waals surface area contributed by atoms with Gasteiger partial charge in [0.05, 0.1) is 11.5 Å². The normalized spacial score (nSPS) is 12.5. The summed E-state index contributed by atoms with van der Waals surface area (Å²) in [6, 6.07) is 20.0. The summed E-state index contributed by atoms with van der Waals surface area (Å²) in [5.74, 6) is 0.863. The maximum absolute atomic E-state index is 12.8. The second-order valence-electron chi connectivity index (χ2n) is 7.63. The van der Waals surface area contributed by atoms with Crippen molar-refractivity contribution in [2.24, 2.45) is 0 Å². The summed E-state index contributed by atoms with van der Waals surface area (Å²) < 4.78 is 9.66. The monoisotopic (exact) mass is 414 g/mol. The quantitative estimate of drug-likeness (QED) is 0.209. The number of nitro benzene ring substituents is 1. The third-order valence-electron chi connectivity index (χ3n) is 5.60. The lowest BCUT2D eigenvalue weighted by Gasteiger charge is -2.02. The number of non-ortho nitro benzene ring substituents is 1. The summed E-state index contributed by atoms with van der Waals surface area (Å²) in [7, 11) is 0. The van der Waals surface area contributed by atoms with E-state index in [9.17, 15) is 14.9 Å². The van der Waals surface area contributed by atoms with E-state index >= 15 is 0 Å². The Labute approximate surface area is 178 Å². The molecule has 0 fully saturated rings. The summed E-state index contributed by atoms with van der Waals surface area (Å²) in [4.78, 5) is 23.2. The molecule has 0 unspecified atom stereocenters. The fraction of sp³-hybridized carbons (Fsp3) is 0.167. The Hall–Kier alpha value is -4.00. The van der Waals surface area contributed by atoms with E-state index in [4.69, 9.17) is 4.74 Å². The van der Waals surface area contributed by atoms with Crippen LogP contribution in [0.4, 0.5) is 5.69 Å².